The fourth-order valence-corrected chi connectivity index (χ4v) is 12.5. The third-order valence-electron chi connectivity index (χ3n) is 16.8. The Hall–Kier alpha value is -2.46. The van der Waals surface area contributed by atoms with Crippen LogP contribution in [0, 0.1) is 17.8 Å². The second-order valence-electron chi connectivity index (χ2n) is 27.8. The number of carbonyl (C=O) groups excluding carboxylic acids is 4. The van der Waals surface area contributed by atoms with E-state index in [4.69, 9.17) is 37.0 Å². The molecule has 0 aromatic rings. The van der Waals surface area contributed by atoms with Gasteiger partial charge in [0.15, 0.2) is 12.2 Å². The summed E-state index contributed by atoms with van der Waals surface area (Å²) in [4.78, 5) is 72.7. The van der Waals surface area contributed by atoms with Gasteiger partial charge in [-0.3, -0.25) is 37.3 Å². The van der Waals surface area contributed by atoms with E-state index in [-0.39, 0.29) is 25.7 Å². The first-order valence-corrected chi connectivity index (χ1v) is 41.2. The van der Waals surface area contributed by atoms with E-state index in [0.717, 1.165) is 121 Å². The number of carbonyl (C=O) groups is 4. The highest BCUT2D eigenvalue weighted by Gasteiger charge is 2.30. The molecule has 2 unspecified atom stereocenters. The number of phosphoric ester groups is 2. The molecule has 0 bridgehead atoms. The monoisotopic (exact) mass is 1380 g/mol. The molecule has 554 valence electrons. The molecule has 0 saturated heterocycles. The zero-order valence-electron chi connectivity index (χ0n) is 60.9. The molecule has 0 aliphatic heterocycles. The Kier molecular flexibility index (Phi) is 63.5. The van der Waals surface area contributed by atoms with Crippen LogP contribution in [0.4, 0.5) is 0 Å². The molecule has 17 nitrogen and oxygen atoms in total. The van der Waals surface area contributed by atoms with Crippen LogP contribution in [-0.4, -0.2) is 96.7 Å². The van der Waals surface area contributed by atoms with E-state index in [1.165, 1.54) is 148 Å². The summed E-state index contributed by atoms with van der Waals surface area (Å²) in [6, 6.07) is 0. The molecule has 0 aromatic heterocycles. The van der Waals surface area contributed by atoms with Crippen molar-refractivity contribution in [2.24, 2.45) is 17.8 Å². The largest absolute Gasteiger partial charge is 0.472 e. The Balaban J connectivity index is 5.28. The van der Waals surface area contributed by atoms with E-state index in [9.17, 15) is 43.2 Å². The lowest BCUT2D eigenvalue weighted by Gasteiger charge is -2.21. The highest BCUT2D eigenvalue weighted by molar-refractivity contribution is 7.47. The van der Waals surface area contributed by atoms with Gasteiger partial charge < -0.3 is 33.8 Å². The molecular formula is C75H142O17P2. The fraction of sp³-hybridized carbons (Fsp3) is 0.893. The van der Waals surface area contributed by atoms with Gasteiger partial charge >= 0.3 is 39.5 Å². The molecule has 0 aliphatic carbocycles. The average Bonchev–Trinajstić information content (AvgIpc) is 1.59. The first-order chi connectivity index (χ1) is 45.2. The lowest BCUT2D eigenvalue weighted by molar-refractivity contribution is -0.161. The highest BCUT2D eigenvalue weighted by atomic mass is 31.2. The maximum absolute atomic E-state index is 13.1. The van der Waals surface area contributed by atoms with Crippen molar-refractivity contribution in [2.75, 3.05) is 39.6 Å². The number of hydrogen-bond donors (Lipinski definition) is 3. The highest BCUT2D eigenvalue weighted by Crippen LogP contribution is 2.45. The molecule has 5 atom stereocenters. The zero-order chi connectivity index (χ0) is 69.4. The molecule has 0 saturated carbocycles. The van der Waals surface area contributed by atoms with Gasteiger partial charge in [0.1, 0.15) is 19.3 Å². The van der Waals surface area contributed by atoms with Crippen molar-refractivity contribution in [2.45, 2.75) is 375 Å². The normalized spacial score (nSPS) is 14.3. The van der Waals surface area contributed by atoms with Crippen molar-refractivity contribution >= 4 is 39.5 Å². The number of ether oxygens (including phenoxy) is 4. The quantitative estimate of drug-likeness (QED) is 0.0169. The summed E-state index contributed by atoms with van der Waals surface area (Å²) >= 11 is 0. The van der Waals surface area contributed by atoms with E-state index in [0.29, 0.717) is 31.6 Å². The fourth-order valence-electron chi connectivity index (χ4n) is 10.9. The summed E-state index contributed by atoms with van der Waals surface area (Å²) in [5.74, 6) is 0.0787. The van der Waals surface area contributed by atoms with Crippen LogP contribution < -0.4 is 0 Å². The van der Waals surface area contributed by atoms with Gasteiger partial charge in [-0.25, -0.2) is 9.13 Å². The SMILES string of the molecule is CCCCCC/C=C\C=C/CCCCCCCC(=O)O[C@H](COC(=O)CCCCCCCCCCCCCCCC(C)C)COP(=O)(O)OC[C@@H](O)COP(=O)(O)OC[C@@H](COC(=O)CCCCCCCCC(C)C)OC(=O)CCCCCCCCCCCCCC(C)C. The minimum absolute atomic E-state index is 0.0847. The van der Waals surface area contributed by atoms with Crippen molar-refractivity contribution in [3.63, 3.8) is 0 Å². The van der Waals surface area contributed by atoms with Crippen LogP contribution in [0.15, 0.2) is 24.3 Å². The van der Waals surface area contributed by atoms with Crippen molar-refractivity contribution < 1.29 is 80.2 Å². The van der Waals surface area contributed by atoms with Gasteiger partial charge in [0.2, 0.25) is 0 Å². The lowest BCUT2D eigenvalue weighted by Crippen LogP contribution is -2.30. The molecule has 0 aromatic carbocycles. The topological polar surface area (TPSA) is 237 Å². The van der Waals surface area contributed by atoms with Crippen LogP contribution >= 0.6 is 15.6 Å². The number of hydrogen-bond acceptors (Lipinski definition) is 15. The van der Waals surface area contributed by atoms with Crippen LogP contribution in [0.25, 0.3) is 0 Å². The number of aliphatic hydroxyl groups excluding tert-OH is 1. The smallest absolute Gasteiger partial charge is 0.462 e. The third-order valence-corrected chi connectivity index (χ3v) is 18.7. The van der Waals surface area contributed by atoms with E-state index in [1.807, 2.05) is 0 Å². The minimum atomic E-state index is -4.96. The van der Waals surface area contributed by atoms with E-state index in [1.54, 1.807) is 0 Å². The van der Waals surface area contributed by atoms with Gasteiger partial charge in [-0.05, 0) is 69.1 Å². The number of unbranched alkanes of at least 4 members (excludes halogenated alkanes) is 36. The number of aliphatic hydroxyl groups is 1. The van der Waals surface area contributed by atoms with E-state index < -0.39 is 97.5 Å². The Morgan fingerprint density at radius 2 is 0.574 bits per heavy atom. The van der Waals surface area contributed by atoms with Crippen molar-refractivity contribution in [3.05, 3.63) is 24.3 Å². The summed E-state index contributed by atoms with van der Waals surface area (Å²) in [6.07, 6.45) is 53.7. The van der Waals surface area contributed by atoms with Crippen LogP contribution in [0.1, 0.15) is 357 Å². The second-order valence-corrected chi connectivity index (χ2v) is 30.7. The average molecular weight is 1380 g/mol. The molecule has 0 radical (unpaired) electrons. The van der Waals surface area contributed by atoms with Crippen LogP contribution in [0.3, 0.4) is 0 Å². The molecular weight excluding hydrogens is 1230 g/mol. The maximum atomic E-state index is 13.1. The Morgan fingerprint density at radius 3 is 0.862 bits per heavy atom. The minimum Gasteiger partial charge on any atom is -0.462 e. The summed E-state index contributed by atoms with van der Waals surface area (Å²) in [7, 11) is -9.92. The van der Waals surface area contributed by atoms with Gasteiger partial charge in [-0.2, -0.15) is 0 Å². The third kappa shape index (κ3) is 68.1. The van der Waals surface area contributed by atoms with Gasteiger partial charge in [-0.1, -0.05) is 304 Å². The van der Waals surface area contributed by atoms with Crippen molar-refractivity contribution in [3.8, 4) is 0 Å². The van der Waals surface area contributed by atoms with Crippen LogP contribution in [0.5, 0.6) is 0 Å². The first kappa shape index (κ1) is 91.5. The predicted molar refractivity (Wildman–Crippen MR) is 381 cm³/mol. The number of esters is 4. The Morgan fingerprint density at radius 1 is 0.330 bits per heavy atom. The summed E-state index contributed by atoms with van der Waals surface area (Å²) < 4.78 is 68.4. The van der Waals surface area contributed by atoms with Crippen molar-refractivity contribution in [1.29, 1.82) is 0 Å². The predicted octanol–water partition coefficient (Wildman–Crippen LogP) is 21.3. The summed E-state index contributed by atoms with van der Waals surface area (Å²) in [5.41, 5.74) is 0. The molecule has 0 rings (SSSR count). The number of allylic oxidation sites excluding steroid dienone is 4. The van der Waals surface area contributed by atoms with Crippen LogP contribution in [0.2, 0.25) is 0 Å². The Bertz CT molecular complexity index is 1930. The standard InChI is InChI=1S/C75H142O17P2/c1-8-9-10-11-12-13-14-15-16-19-25-30-35-44-51-58-74(79)91-70(62-85-72(77)56-49-42-34-29-24-20-17-18-22-27-32-39-46-53-66(2)3)64-89-93(81,82)87-60-69(76)61-88-94(83,84)90-65-71(63-86-73(78)57-50-43-38-37-41-48-55-68(6)7)92-75(80)59-52-45-36-31-26-21-23-28-33-40-47-54-67(4)5/h13-16,66-71,76H,8-12,17-65H2,1-7H3,(H,81,82)(H,83,84)/b14-13-,16-15-/t69-,70-,71-/m1/s1. The van der Waals surface area contributed by atoms with Crippen molar-refractivity contribution in [1.82, 2.24) is 0 Å². The van der Waals surface area contributed by atoms with Gasteiger partial charge in [0.25, 0.3) is 0 Å². The molecule has 0 amide bonds. The van der Waals surface area contributed by atoms with E-state index in [2.05, 4.69) is 72.8 Å². The lowest BCUT2D eigenvalue weighted by atomic mass is 10.0. The molecule has 0 fully saturated rings. The van der Waals surface area contributed by atoms with Gasteiger partial charge in [0.05, 0.1) is 26.4 Å². The Labute approximate surface area is 573 Å². The number of phosphoric acid groups is 2. The number of rotatable bonds is 71. The zero-order valence-corrected chi connectivity index (χ0v) is 62.7. The molecule has 0 aliphatic rings. The van der Waals surface area contributed by atoms with Gasteiger partial charge in [0, 0.05) is 25.7 Å². The molecule has 3 N–H and O–H groups in total. The summed E-state index contributed by atoms with van der Waals surface area (Å²) in [6.45, 7) is 11.8. The molecule has 0 spiro atoms. The summed E-state index contributed by atoms with van der Waals surface area (Å²) in [5, 5.41) is 10.6. The van der Waals surface area contributed by atoms with E-state index >= 15 is 0 Å². The first-order valence-electron chi connectivity index (χ1n) is 38.2. The molecule has 94 heavy (non-hydrogen) atoms. The molecule has 19 heteroatoms. The van der Waals surface area contributed by atoms with Gasteiger partial charge in [-0.15, -0.1) is 0 Å². The molecule has 0 heterocycles. The maximum Gasteiger partial charge on any atom is 0.472 e. The second kappa shape index (κ2) is 65.2. The van der Waals surface area contributed by atoms with Crippen LogP contribution in [-0.2, 0) is 65.4 Å².